The fourth-order valence-electron chi connectivity index (χ4n) is 5.56. The van der Waals surface area contributed by atoms with E-state index in [1.807, 2.05) is 12.3 Å². The number of primary amides is 1. The second-order valence-corrected chi connectivity index (χ2v) is 10.1. The van der Waals surface area contributed by atoms with Gasteiger partial charge in [0.25, 0.3) is 0 Å². The molecule has 2 N–H and O–H groups in total. The summed E-state index contributed by atoms with van der Waals surface area (Å²) in [6.07, 6.45) is 9.38. The van der Waals surface area contributed by atoms with Crippen molar-refractivity contribution in [2.24, 2.45) is 5.73 Å². The van der Waals surface area contributed by atoms with Crippen molar-refractivity contribution in [2.45, 2.75) is 76.0 Å². The van der Waals surface area contributed by atoms with E-state index in [2.05, 4.69) is 16.8 Å². The van der Waals surface area contributed by atoms with Gasteiger partial charge in [-0.3, -0.25) is 9.69 Å². The third kappa shape index (κ3) is 3.95. The lowest BCUT2D eigenvalue weighted by Crippen LogP contribution is -2.48. The van der Waals surface area contributed by atoms with Crippen LogP contribution in [0.4, 0.5) is 0 Å². The number of hydrogen-bond donors (Lipinski definition) is 1. The highest BCUT2D eigenvalue weighted by Crippen LogP contribution is 2.48. The quantitative estimate of drug-likeness (QED) is 0.786. The largest absolute Gasteiger partial charge is 0.490 e. The summed E-state index contributed by atoms with van der Waals surface area (Å²) in [5, 5.41) is 1.13. The number of ether oxygens (including phenoxy) is 2. The van der Waals surface area contributed by atoms with E-state index in [0.717, 1.165) is 61.3 Å². The molecule has 6 nitrogen and oxygen atoms in total. The Bertz CT molecular complexity index is 922. The lowest BCUT2D eigenvalue weighted by atomic mass is 9.91. The molecule has 0 radical (unpaired) electrons. The maximum atomic E-state index is 11.6. The third-order valence-electron chi connectivity index (χ3n) is 6.97. The number of carbonyl (C=O) groups is 1. The molecule has 3 aliphatic rings. The molecule has 5 rings (SSSR count). The predicted octanol–water partition coefficient (Wildman–Crippen LogP) is 3.61. The van der Waals surface area contributed by atoms with Crippen molar-refractivity contribution in [3.8, 4) is 5.75 Å². The molecule has 0 spiro atoms. The number of pyridine rings is 1. The second kappa shape index (κ2) is 8.44. The lowest BCUT2D eigenvalue weighted by Gasteiger charge is -2.40. The van der Waals surface area contributed by atoms with Crippen molar-refractivity contribution in [2.75, 3.05) is 19.7 Å². The smallest absolute Gasteiger partial charge is 0.218 e. The molecule has 0 aromatic carbocycles. The highest BCUT2D eigenvalue weighted by molar-refractivity contribution is 7.19. The van der Waals surface area contributed by atoms with Gasteiger partial charge in [-0.25, -0.2) is 4.98 Å². The second-order valence-electron chi connectivity index (χ2n) is 9.06. The molecule has 2 atom stereocenters. The lowest BCUT2D eigenvalue weighted by molar-refractivity contribution is -0.118. The van der Waals surface area contributed by atoms with Gasteiger partial charge in [-0.05, 0) is 63.0 Å². The van der Waals surface area contributed by atoms with E-state index in [1.165, 1.54) is 23.3 Å². The third-order valence-corrected chi connectivity index (χ3v) is 8.14. The molecule has 0 unspecified atom stereocenters. The predicted molar refractivity (Wildman–Crippen MR) is 118 cm³/mol. The van der Waals surface area contributed by atoms with Gasteiger partial charge in [0.2, 0.25) is 5.91 Å². The first-order chi connectivity index (χ1) is 14.6. The van der Waals surface area contributed by atoms with Crippen LogP contribution in [-0.2, 0) is 16.0 Å². The number of aryl methyl sites for hydroxylation is 1. The van der Waals surface area contributed by atoms with Crippen LogP contribution in [0, 0.1) is 0 Å². The van der Waals surface area contributed by atoms with Crippen LogP contribution in [0.2, 0.25) is 0 Å². The minimum absolute atomic E-state index is 0.205. The zero-order valence-electron chi connectivity index (χ0n) is 17.6. The van der Waals surface area contributed by atoms with Crippen molar-refractivity contribution < 1.29 is 14.3 Å². The van der Waals surface area contributed by atoms with E-state index in [4.69, 9.17) is 15.2 Å². The Hall–Kier alpha value is -1.70. The van der Waals surface area contributed by atoms with Crippen LogP contribution < -0.4 is 10.5 Å². The summed E-state index contributed by atoms with van der Waals surface area (Å²) in [6, 6.07) is 2.66. The first-order valence-corrected chi connectivity index (χ1v) is 12.1. The Balaban J connectivity index is 1.30. The number of thiophene rings is 1. The van der Waals surface area contributed by atoms with Gasteiger partial charge in [0.05, 0.1) is 24.2 Å². The van der Waals surface area contributed by atoms with Crippen LogP contribution >= 0.6 is 11.3 Å². The summed E-state index contributed by atoms with van der Waals surface area (Å²) < 4.78 is 12.3. The molecule has 7 heteroatoms. The number of nitrogens with zero attached hydrogens (tertiary/aromatic N) is 2. The SMILES string of the molecule is C[C@H]1CN(C2CCC(Oc3ccnc4sc5c(c34)[C@@H](CC(N)=O)CC5)CC2)CCO1. The number of rotatable bonds is 5. The normalized spacial score (nSPS) is 29.8. The van der Waals surface area contributed by atoms with E-state index in [-0.39, 0.29) is 17.9 Å². The number of carbonyl (C=O) groups excluding carboxylic acids is 1. The van der Waals surface area contributed by atoms with Crippen molar-refractivity contribution >= 4 is 27.5 Å². The molecular formula is C23H31N3O3S. The van der Waals surface area contributed by atoms with Crippen LogP contribution in [0.3, 0.4) is 0 Å². The maximum absolute atomic E-state index is 11.6. The Kier molecular flexibility index (Phi) is 5.69. The van der Waals surface area contributed by atoms with E-state index in [0.29, 0.717) is 18.6 Å². The molecule has 162 valence electrons. The standard InChI is InChI=1S/C23H31N3O3S/c1-14-13-26(10-11-28-14)16-3-5-17(6-4-16)29-18-8-9-25-23-22(18)21-15(12-20(24)27)2-7-19(21)30-23/h8-9,14-17H,2-7,10-13H2,1H3,(H2,24,27)/t14-,15+,16?,17?/m0/s1. The Morgan fingerprint density at radius 3 is 2.93 bits per heavy atom. The van der Waals surface area contributed by atoms with E-state index < -0.39 is 0 Å². The van der Waals surface area contributed by atoms with Gasteiger partial charge in [0.15, 0.2) is 0 Å². The molecule has 2 fully saturated rings. The van der Waals surface area contributed by atoms with Gasteiger partial charge in [-0.2, -0.15) is 0 Å². The summed E-state index contributed by atoms with van der Waals surface area (Å²) in [5.74, 6) is 0.920. The molecular weight excluding hydrogens is 398 g/mol. The molecule has 1 aliphatic heterocycles. The molecule has 3 heterocycles. The van der Waals surface area contributed by atoms with Gasteiger partial charge >= 0.3 is 0 Å². The number of amides is 1. The summed E-state index contributed by atoms with van der Waals surface area (Å²) in [4.78, 5) is 21.2. The molecule has 0 bridgehead atoms. The van der Waals surface area contributed by atoms with Crippen molar-refractivity contribution in [1.29, 1.82) is 0 Å². The molecule has 1 saturated carbocycles. The zero-order valence-corrected chi connectivity index (χ0v) is 18.5. The van der Waals surface area contributed by atoms with Crippen LogP contribution in [0.1, 0.15) is 61.8 Å². The Morgan fingerprint density at radius 1 is 1.33 bits per heavy atom. The van der Waals surface area contributed by atoms with Crippen molar-refractivity contribution in [1.82, 2.24) is 9.88 Å². The molecule has 30 heavy (non-hydrogen) atoms. The number of aromatic nitrogens is 1. The highest BCUT2D eigenvalue weighted by atomic mass is 32.1. The molecule has 1 amide bonds. The topological polar surface area (TPSA) is 77.7 Å². The van der Waals surface area contributed by atoms with E-state index in [9.17, 15) is 4.79 Å². The highest BCUT2D eigenvalue weighted by Gasteiger charge is 2.32. The van der Waals surface area contributed by atoms with Crippen LogP contribution in [0.5, 0.6) is 5.75 Å². The summed E-state index contributed by atoms with van der Waals surface area (Å²) in [5.41, 5.74) is 6.79. The summed E-state index contributed by atoms with van der Waals surface area (Å²) in [7, 11) is 0. The van der Waals surface area contributed by atoms with Gasteiger partial charge in [-0.15, -0.1) is 11.3 Å². The summed E-state index contributed by atoms with van der Waals surface area (Å²) >= 11 is 1.75. The van der Waals surface area contributed by atoms with Gasteiger partial charge < -0.3 is 15.2 Å². The summed E-state index contributed by atoms with van der Waals surface area (Å²) in [6.45, 7) is 5.11. The zero-order chi connectivity index (χ0) is 20.7. The Labute approximate surface area is 181 Å². The van der Waals surface area contributed by atoms with Gasteiger partial charge in [0, 0.05) is 36.6 Å². The monoisotopic (exact) mass is 429 g/mol. The van der Waals surface area contributed by atoms with Crippen LogP contribution in [-0.4, -0.2) is 53.7 Å². The molecule has 2 aliphatic carbocycles. The number of hydrogen-bond acceptors (Lipinski definition) is 6. The van der Waals surface area contributed by atoms with E-state index in [1.54, 1.807) is 11.3 Å². The Morgan fingerprint density at radius 2 is 2.17 bits per heavy atom. The number of nitrogens with two attached hydrogens (primary N) is 1. The first kappa shape index (κ1) is 20.2. The first-order valence-electron chi connectivity index (χ1n) is 11.3. The number of fused-ring (bicyclic) bond motifs is 3. The molecule has 2 aromatic rings. The average Bonchev–Trinajstić information content (AvgIpc) is 3.28. The van der Waals surface area contributed by atoms with Crippen molar-refractivity contribution in [3.05, 3.63) is 22.7 Å². The minimum Gasteiger partial charge on any atom is -0.490 e. The fraction of sp³-hybridized carbons (Fsp3) is 0.652. The minimum atomic E-state index is -0.227. The fourth-order valence-corrected chi connectivity index (χ4v) is 6.82. The van der Waals surface area contributed by atoms with Crippen LogP contribution in [0.25, 0.3) is 10.2 Å². The molecule has 1 saturated heterocycles. The van der Waals surface area contributed by atoms with E-state index >= 15 is 0 Å². The van der Waals surface area contributed by atoms with Gasteiger partial charge in [0.1, 0.15) is 10.6 Å². The van der Waals surface area contributed by atoms with Gasteiger partial charge in [-0.1, -0.05) is 0 Å². The molecule has 2 aromatic heterocycles. The average molecular weight is 430 g/mol. The number of morpholine rings is 1. The maximum Gasteiger partial charge on any atom is 0.218 e. The van der Waals surface area contributed by atoms with Crippen LogP contribution in [0.15, 0.2) is 12.3 Å². The van der Waals surface area contributed by atoms with Crippen molar-refractivity contribution in [3.63, 3.8) is 0 Å².